The number of hydrogen-bond acceptors (Lipinski definition) is 6. The summed E-state index contributed by atoms with van der Waals surface area (Å²) in [5.41, 5.74) is 0.977. The number of rotatable bonds is 3. The second-order valence-electron chi connectivity index (χ2n) is 6.39. The summed E-state index contributed by atoms with van der Waals surface area (Å²) in [5, 5.41) is 1.09. The summed E-state index contributed by atoms with van der Waals surface area (Å²) in [4.78, 5) is 26.0. The minimum absolute atomic E-state index is 0.0119. The number of hydrogen-bond donors (Lipinski definition) is 0. The number of aromatic nitrogens is 2. The third-order valence-corrected chi connectivity index (χ3v) is 5.63. The molecule has 0 N–H and O–H groups in total. The number of amides is 1. The molecule has 4 rings (SSSR count). The van der Waals surface area contributed by atoms with Crippen LogP contribution in [0.2, 0.25) is 0 Å². The molecule has 1 amide bonds. The summed E-state index contributed by atoms with van der Waals surface area (Å²) < 4.78 is 7.19. The van der Waals surface area contributed by atoms with Gasteiger partial charge in [0, 0.05) is 43.3 Å². The van der Waals surface area contributed by atoms with Crippen molar-refractivity contribution in [2.45, 2.75) is 6.10 Å². The lowest BCUT2D eigenvalue weighted by molar-refractivity contribution is 0.0393. The summed E-state index contributed by atoms with van der Waals surface area (Å²) in [5.74, 6) is 0.707. The highest BCUT2D eigenvalue weighted by atomic mass is 32.1. The Bertz CT molecular complexity index is 926. The van der Waals surface area contributed by atoms with E-state index in [9.17, 15) is 4.79 Å². The van der Waals surface area contributed by atoms with Crippen molar-refractivity contribution in [2.75, 3.05) is 38.7 Å². The number of morpholine rings is 1. The van der Waals surface area contributed by atoms with Crippen LogP contribution in [0, 0.1) is 0 Å². The van der Waals surface area contributed by atoms with Crippen LogP contribution in [0.15, 0.2) is 42.7 Å². The Morgan fingerprint density at radius 2 is 2.00 bits per heavy atom. The average Bonchev–Trinajstić information content (AvgIpc) is 3.07. The molecule has 0 aliphatic carbocycles. The maximum atomic E-state index is 12.8. The van der Waals surface area contributed by atoms with Gasteiger partial charge >= 0.3 is 0 Å². The van der Waals surface area contributed by atoms with Gasteiger partial charge in [-0.05, 0) is 17.5 Å². The smallest absolute Gasteiger partial charge is 0.263 e. The zero-order chi connectivity index (χ0) is 18.1. The number of anilines is 1. The van der Waals surface area contributed by atoms with Crippen LogP contribution in [-0.4, -0.2) is 54.6 Å². The third-order valence-electron chi connectivity index (χ3n) is 4.46. The van der Waals surface area contributed by atoms with Crippen molar-refractivity contribution in [3.63, 3.8) is 0 Å². The first-order chi connectivity index (χ1) is 12.6. The molecular formula is C19H20N4O2S. The number of carbonyl (C=O) groups excluding carboxylic acids is 1. The van der Waals surface area contributed by atoms with Crippen molar-refractivity contribution in [3.8, 4) is 0 Å². The third kappa shape index (κ3) is 3.04. The van der Waals surface area contributed by atoms with Crippen LogP contribution in [0.25, 0.3) is 10.1 Å². The summed E-state index contributed by atoms with van der Waals surface area (Å²) >= 11 is 1.53. The lowest BCUT2D eigenvalue weighted by atomic mass is 10.0. The maximum absolute atomic E-state index is 12.8. The lowest BCUT2D eigenvalue weighted by Crippen LogP contribution is -2.39. The largest absolute Gasteiger partial charge is 0.370 e. The fourth-order valence-corrected chi connectivity index (χ4v) is 4.48. The first-order valence-electron chi connectivity index (χ1n) is 8.52. The normalized spacial score (nSPS) is 17.5. The van der Waals surface area contributed by atoms with Gasteiger partial charge in [0.15, 0.2) is 0 Å². The van der Waals surface area contributed by atoms with Crippen LogP contribution < -0.4 is 4.90 Å². The molecule has 0 spiro atoms. The minimum Gasteiger partial charge on any atom is -0.370 e. The Morgan fingerprint density at radius 1 is 1.23 bits per heavy atom. The molecule has 2 aromatic heterocycles. The predicted molar refractivity (Wildman–Crippen MR) is 103 cm³/mol. The maximum Gasteiger partial charge on any atom is 0.263 e. The summed E-state index contributed by atoms with van der Waals surface area (Å²) in [6.07, 6.45) is 3.30. The molecular weight excluding hydrogens is 348 g/mol. The number of carbonyl (C=O) groups is 1. The van der Waals surface area contributed by atoms with Gasteiger partial charge < -0.3 is 14.5 Å². The van der Waals surface area contributed by atoms with E-state index in [4.69, 9.17) is 4.74 Å². The van der Waals surface area contributed by atoms with Crippen molar-refractivity contribution in [3.05, 3.63) is 53.2 Å². The average molecular weight is 368 g/mol. The van der Waals surface area contributed by atoms with Crippen molar-refractivity contribution in [2.24, 2.45) is 0 Å². The lowest BCUT2D eigenvalue weighted by Gasteiger charge is -2.33. The zero-order valence-corrected chi connectivity index (χ0v) is 15.6. The molecule has 3 aromatic rings. The first-order valence-corrected chi connectivity index (χ1v) is 9.33. The molecule has 134 valence electrons. The van der Waals surface area contributed by atoms with Crippen molar-refractivity contribution in [1.82, 2.24) is 14.9 Å². The standard InChI is InChI=1S/C19H20N4O2S/c1-22(2)18(24)17-16(13-6-3-4-7-15(13)26-17)14-12-23(10-11-25-14)19-20-8-5-9-21-19/h3-9,14H,10-12H2,1-2H3/t14-/m1/s1. The van der Waals surface area contributed by atoms with Crippen LogP contribution in [-0.2, 0) is 4.74 Å². The van der Waals surface area contributed by atoms with E-state index in [0.717, 1.165) is 27.1 Å². The highest BCUT2D eigenvalue weighted by Crippen LogP contribution is 2.38. The van der Waals surface area contributed by atoms with E-state index in [1.54, 1.807) is 31.4 Å². The van der Waals surface area contributed by atoms with E-state index in [0.29, 0.717) is 19.1 Å². The van der Waals surface area contributed by atoms with E-state index in [1.165, 1.54) is 11.3 Å². The Morgan fingerprint density at radius 3 is 2.77 bits per heavy atom. The number of thiophene rings is 1. The number of fused-ring (bicyclic) bond motifs is 1. The molecule has 0 saturated carbocycles. The van der Waals surface area contributed by atoms with Gasteiger partial charge in [0.1, 0.15) is 6.10 Å². The molecule has 7 heteroatoms. The predicted octanol–water partition coefficient (Wildman–Crippen LogP) is 2.97. The molecule has 1 atom stereocenters. The van der Waals surface area contributed by atoms with Crippen molar-refractivity contribution in [1.29, 1.82) is 0 Å². The minimum atomic E-state index is -0.192. The molecule has 6 nitrogen and oxygen atoms in total. The quantitative estimate of drug-likeness (QED) is 0.711. The van der Waals surface area contributed by atoms with Crippen LogP contribution >= 0.6 is 11.3 Å². The molecule has 0 unspecified atom stereocenters. The van der Waals surface area contributed by atoms with Crippen LogP contribution in [0.1, 0.15) is 21.3 Å². The summed E-state index contributed by atoms with van der Waals surface area (Å²) in [6.45, 7) is 1.93. The second-order valence-corrected chi connectivity index (χ2v) is 7.45. The van der Waals surface area contributed by atoms with E-state index in [1.807, 2.05) is 18.2 Å². The van der Waals surface area contributed by atoms with Gasteiger partial charge in [-0.3, -0.25) is 4.79 Å². The Kier molecular flexibility index (Phi) is 4.57. The van der Waals surface area contributed by atoms with E-state index < -0.39 is 0 Å². The van der Waals surface area contributed by atoms with E-state index in [2.05, 4.69) is 27.0 Å². The zero-order valence-electron chi connectivity index (χ0n) is 14.8. The second kappa shape index (κ2) is 7.01. The fraction of sp³-hybridized carbons (Fsp3) is 0.316. The van der Waals surface area contributed by atoms with Gasteiger partial charge in [-0.15, -0.1) is 11.3 Å². The summed E-state index contributed by atoms with van der Waals surface area (Å²) in [6, 6.07) is 9.93. The molecule has 1 saturated heterocycles. The summed E-state index contributed by atoms with van der Waals surface area (Å²) in [7, 11) is 3.56. The van der Waals surface area contributed by atoms with Gasteiger partial charge in [-0.25, -0.2) is 9.97 Å². The van der Waals surface area contributed by atoms with Gasteiger partial charge in [0.2, 0.25) is 5.95 Å². The highest BCUT2D eigenvalue weighted by Gasteiger charge is 2.31. The van der Waals surface area contributed by atoms with Crippen LogP contribution in [0.4, 0.5) is 5.95 Å². The van der Waals surface area contributed by atoms with Gasteiger partial charge in [0.05, 0.1) is 18.0 Å². The SMILES string of the molecule is CN(C)C(=O)c1sc2ccccc2c1[C@H]1CN(c2ncccn2)CCO1. The Hall–Kier alpha value is -2.51. The molecule has 0 bridgehead atoms. The molecule has 0 radical (unpaired) electrons. The number of ether oxygens (including phenoxy) is 1. The van der Waals surface area contributed by atoms with Gasteiger partial charge in [-0.1, -0.05) is 18.2 Å². The Balaban J connectivity index is 1.75. The first kappa shape index (κ1) is 16.9. The molecule has 26 heavy (non-hydrogen) atoms. The van der Waals surface area contributed by atoms with Crippen LogP contribution in [0.5, 0.6) is 0 Å². The topological polar surface area (TPSA) is 58.6 Å². The number of benzene rings is 1. The van der Waals surface area contributed by atoms with Gasteiger partial charge in [0.25, 0.3) is 5.91 Å². The molecule has 1 aromatic carbocycles. The molecule has 1 aliphatic heterocycles. The fourth-order valence-electron chi connectivity index (χ4n) is 3.21. The van der Waals surface area contributed by atoms with Crippen molar-refractivity contribution >= 4 is 33.3 Å². The van der Waals surface area contributed by atoms with Crippen LogP contribution in [0.3, 0.4) is 0 Å². The molecule has 1 aliphatic rings. The van der Waals surface area contributed by atoms with Crippen molar-refractivity contribution < 1.29 is 9.53 Å². The van der Waals surface area contributed by atoms with E-state index >= 15 is 0 Å². The monoisotopic (exact) mass is 368 g/mol. The molecule has 1 fully saturated rings. The van der Waals surface area contributed by atoms with E-state index in [-0.39, 0.29) is 12.0 Å². The number of nitrogens with zero attached hydrogens (tertiary/aromatic N) is 4. The van der Waals surface area contributed by atoms with Gasteiger partial charge in [-0.2, -0.15) is 0 Å². The highest BCUT2D eigenvalue weighted by molar-refractivity contribution is 7.21. The Labute approximate surface area is 156 Å². The molecule has 3 heterocycles.